The molecule has 0 saturated carbocycles. The molecule has 0 fully saturated rings. The highest BCUT2D eigenvalue weighted by atomic mass is 79.9. The number of carboxylic acids is 1. The van der Waals surface area contributed by atoms with Gasteiger partial charge >= 0.3 is 11.9 Å². The number of hydrogen-bond acceptors (Lipinski definition) is 3. The minimum absolute atomic E-state index is 0.336. The normalized spacial score (nSPS) is 17.7. The van der Waals surface area contributed by atoms with Gasteiger partial charge in [0, 0.05) is 10.0 Å². The maximum Gasteiger partial charge on any atom is 0.323 e. The topological polar surface area (TPSA) is 63.6 Å². The van der Waals surface area contributed by atoms with Crippen molar-refractivity contribution in [2.45, 2.75) is 18.8 Å². The van der Waals surface area contributed by atoms with Gasteiger partial charge in [0.05, 0.1) is 5.92 Å². The number of ether oxygens (including phenoxy) is 1. The van der Waals surface area contributed by atoms with Crippen LogP contribution in [0.4, 0.5) is 0 Å². The average molecular weight is 361 g/mol. The Kier molecular flexibility index (Phi) is 3.74. The van der Waals surface area contributed by atoms with Crippen LogP contribution in [0.5, 0.6) is 5.75 Å². The maximum atomic E-state index is 12.2. The predicted molar refractivity (Wildman–Crippen MR) is 84.1 cm³/mol. The van der Waals surface area contributed by atoms with Crippen LogP contribution < -0.4 is 4.74 Å². The molecule has 0 spiro atoms. The van der Waals surface area contributed by atoms with E-state index in [0.29, 0.717) is 11.3 Å². The molecule has 1 aliphatic heterocycles. The first-order valence-electron chi connectivity index (χ1n) is 6.81. The van der Waals surface area contributed by atoms with E-state index in [2.05, 4.69) is 15.9 Å². The average Bonchev–Trinajstić information content (AvgIpc) is 2.82. The summed E-state index contributed by atoms with van der Waals surface area (Å²) in [6.45, 7) is 1.62. The number of hydrogen-bond donors (Lipinski definition) is 1. The molecule has 0 radical (unpaired) electrons. The zero-order valence-corrected chi connectivity index (χ0v) is 13.3. The Balaban J connectivity index is 2.05. The molecule has 1 heterocycles. The van der Waals surface area contributed by atoms with Crippen molar-refractivity contribution >= 4 is 27.9 Å². The van der Waals surface area contributed by atoms with E-state index in [1.165, 1.54) is 0 Å². The van der Waals surface area contributed by atoms with Crippen molar-refractivity contribution in [3.05, 3.63) is 63.6 Å². The molecule has 112 valence electrons. The van der Waals surface area contributed by atoms with E-state index in [1.807, 2.05) is 24.3 Å². The summed E-state index contributed by atoms with van der Waals surface area (Å²) in [4.78, 5) is 23.3. The Morgan fingerprint density at radius 1 is 1.23 bits per heavy atom. The first kappa shape index (κ1) is 14.8. The van der Waals surface area contributed by atoms with Crippen LogP contribution in [0.15, 0.2) is 46.9 Å². The quantitative estimate of drug-likeness (QED) is 0.669. The molecule has 0 saturated heterocycles. The van der Waals surface area contributed by atoms with Gasteiger partial charge in [0.25, 0.3) is 0 Å². The molecule has 5 heteroatoms. The lowest BCUT2D eigenvalue weighted by Crippen LogP contribution is -2.12. The van der Waals surface area contributed by atoms with Crippen molar-refractivity contribution in [2.75, 3.05) is 0 Å². The van der Waals surface area contributed by atoms with Gasteiger partial charge in [0.2, 0.25) is 0 Å². The third-order valence-corrected chi connectivity index (χ3v) is 4.39. The van der Waals surface area contributed by atoms with Crippen molar-refractivity contribution in [1.29, 1.82) is 0 Å². The van der Waals surface area contributed by atoms with Crippen molar-refractivity contribution < 1.29 is 19.4 Å². The molecular formula is C17H13BrO4. The van der Waals surface area contributed by atoms with Gasteiger partial charge < -0.3 is 9.84 Å². The fraction of sp³-hybridized carbons (Fsp3) is 0.176. The van der Waals surface area contributed by atoms with Crippen LogP contribution in [-0.4, -0.2) is 17.0 Å². The smallest absolute Gasteiger partial charge is 0.323 e. The molecule has 2 aromatic carbocycles. The predicted octanol–water partition coefficient (Wildman–Crippen LogP) is 3.69. The summed E-state index contributed by atoms with van der Waals surface area (Å²) in [6, 6.07) is 12.6. The third-order valence-electron chi connectivity index (χ3n) is 3.86. The van der Waals surface area contributed by atoms with E-state index in [-0.39, 0.29) is 5.97 Å². The summed E-state index contributed by atoms with van der Waals surface area (Å²) in [5.74, 6) is -1.88. The number of esters is 1. The molecule has 3 rings (SSSR count). The van der Waals surface area contributed by atoms with Gasteiger partial charge in [-0.15, -0.1) is 0 Å². The minimum Gasteiger partial charge on any atom is -0.481 e. The molecule has 0 bridgehead atoms. The largest absolute Gasteiger partial charge is 0.481 e. The number of halogens is 1. The van der Waals surface area contributed by atoms with E-state index in [1.54, 1.807) is 25.1 Å². The van der Waals surface area contributed by atoms with Crippen LogP contribution in [0.25, 0.3) is 0 Å². The fourth-order valence-electron chi connectivity index (χ4n) is 2.56. The summed E-state index contributed by atoms with van der Waals surface area (Å²) in [5.41, 5.74) is 2.21. The Bertz CT molecular complexity index is 752. The fourth-order valence-corrected chi connectivity index (χ4v) is 2.83. The van der Waals surface area contributed by atoms with Gasteiger partial charge in [-0.05, 0) is 36.2 Å². The second-order valence-electron chi connectivity index (χ2n) is 5.26. The number of carbonyl (C=O) groups excluding carboxylic acids is 1. The molecule has 0 amide bonds. The van der Waals surface area contributed by atoms with Crippen molar-refractivity contribution in [1.82, 2.24) is 0 Å². The molecule has 22 heavy (non-hydrogen) atoms. The summed E-state index contributed by atoms with van der Waals surface area (Å²) >= 11 is 3.37. The van der Waals surface area contributed by atoms with Crippen molar-refractivity contribution in [2.24, 2.45) is 0 Å². The monoisotopic (exact) mass is 360 g/mol. The summed E-state index contributed by atoms with van der Waals surface area (Å²) in [6.07, 6.45) is 0. The molecule has 0 aliphatic carbocycles. The van der Waals surface area contributed by atoms with Crippen LogP contribution in [0.3, 0.4) is 0 Å². The Hall–Kier alpha value is -2.14. The first-order chi connectivity index (χ1) is 10.5. The van der Waals surface area contributed by atoms with Gasteiger partial charge in [-0.1, -0.05) is 40.2 Å². The summed E-state index contributed by atoms with van der Waals surface area (Å²) < 4.78 is 6.23. The van der Waals surface area contributed by atoms with Gasteiger partial charge in [-0.3, -0.25) is 9.59 Å². The first-order valence-corrected chi connectivity index (χ1v) is 7.60. The van der Waals surface area contributed by atoms with Gasteiger partial charge in [0.15, 0.2) is 0 Å². The molecule has 2 atom stereocenters. The highest BCUT2D eigenvalue weighted by Crippen LogP contribution is 2.40. The Morgan fingerprint density at radius 2 is 1.91 bits per heavy atom. The molecule has 4 nitrogen and oxygen atoms in total. The maximum absolute atomic E-state index is 12.2. The Labute approximate surface area is 135 Å². The van der Waals surface area contributed by atoms with E-state index in [9.17, 15) is 9.59 Å². The van der Waals surface area contributed by atoms with E-state index < -0.39 is 17.8 Å². The van der Waals surface area contributed by atoms with Crippen molar-refractivity contribution in [3.63, 3.8) is 0 Å². The van der Waals surface area contributed by atoms with Crippen molar-refractivity contribution in [3.8, 4) is 5.75 Å². The van der Waals surface area contributed by atoms with E-state index in [4.69, 9.17) is 9.84 Å². The second-order valence-corrected chi connectivity index (χ2v) is 6.18. The molecule has 1 N–H and O–H groups in total. The van der Waals surface area contributed by atoms with Crippen LogP contribution in [-0.2, 0) is 9.59 Å². The lowest BCUT2D eigenvalue weighted by atomic mass is 9.89. The third kappa shape index (κ3) is 2.52. The minimum atomic E-state index is -0.898. The lowest BCUT2D eigenvalue weighted by Gasteiger charge is -2.11. The highest BCUT2D eigenvalue weighted by Gasteiger charge is 2.35. The SMILES string of the molecule is C[C@@H](C(=O)O)c1ccc2c(c1)[C@@H](c1ccc(Br)cc1)C(=O)O2. The molecule has 0 unspecified atom stereocenters. The number of carbonyl (C=O) groups is 2. The molecule has 0 aromatic heterocycles. The van der Waals surface area contributed by atoms with E-state index >= 15 is 0 Å². The molecule has 2 aromatic rings. The van der Waals surface area contributed by atoms with Gasteiger partial charge in [-0.25, -0.2) is 0 Å². The number of rotatable bonds is 3. The zero-order chi connectivity index (χ0) is 15.9. The number of fused-ring (bicyclic) bond motifs is 1. The van der Waals surface area contributed by atoms with E-state index in [0.717, 1.165) is 15.6 Å². The highest BCUT2D eigenvalue weighted by molar-refractivity contribution is 9.10. The van der Waals surface area contributed by atoms with Gasteiger partial charge in [0.1, 0.15) is 11.7 Å². The van der Waals surface area contributed by atoms with Crippen LogP contribution >= 0.6 is 15.9 Å². The zero-order valence-electron chi connectivity index (χ0n) is 11.7. The Morgan fingerprint density at radius 3 is 2.55 bits per heavy atom. The van der Waals surface area contributed by atoms with Crippen LogP contribution in [0.1, 0.15) is 35.4 Å². The number of aliphatic carboxylic acids is 1. The number of carboxylic acid groups (broad SMARTS) is 1. The van der Waals surface area contributed by atoms with Gasteiger partial charge in [-0.2, -0.15) is 0 Å². The molecule has 1 aliphatic rings. The number of benzene rings is 2. The van der Waals surface area contributed by atoms with Crippen LogP contribution in [0.2, 0.25) is 0 Å². The van der Waals surface area contributed by atoms with Crippen LogP contribution in [0, 0.1) is 0 Å². The second kappa shape index (κ2) is 5.57. The molecular weight excluding hydrogens is 348 g/mol. The lowest BCUT2D eigenvalue weighted by molar-refractivity contribution is -0.138. The summed E-state index contributed by atoms with van der Waals surface area (Å²) in [7, 11) is 0. The summed E-state index contributed by atoms with van der Waals surface area (Å²) in [5, 5.41) is 9.15. The standard InChI is InChI=1S/C17H13BrO4/c1-9(16(19)20)11-4-7-14-13(8-11)15(17(21)22-14)10-2-5-12(18)6-3-10/h2-9,15H,1H3,(H,19,20)/t9-,15-/m1/s1.